The van der Waals surface area contributed by atoms with E-state index in [0.29, 0.717) is 17.9 Å². The zero-order valence-corrected chi connectivity index (χ0v) is 16.8. The summed E-state index contributed by atoms with van der Waals surface area (Å²) in [5.74, 6) is 0.679. The van der Waals surface area contributed by atoms with Gasteiger partial charge >= 0.3 is 0 Å². The molecule has 0 aliphatic carbocycles. The van der Waals surface area contributed by atoms with Crippen LogP contribution in [0.25, 0.3) is 0 Å². The van der Waals surface area contributed by atoms with Crippen LogP contribution in [0.1, 0.15) is 53.0 Å². The van der Waals surface area contributed by atoms with Gasteiger partial charge in [0, 0.05) is 23.7 Å². The fourth-order valence-electron chi connectivity index (χ4n) is 3.46. The van der Waals surface area contributed by atoms with Crippen LogP contribution in [-0.2, 0) is 0 Å². The van der Waals surface area contributed by atoms with E-state index in [9.17, 15) is 9.59 Å². The smallest absolute Gasteiger partial charge is 0.254 e. The van der Waals surface area contributed by atoms with E-state index in [1.807, 2.05) is 49.9 Å². The molecule has 1 heterocycles. The Balaban J connectivity index is 1.59. The first-order valence-electron chi connectivity index (χ1n) is 9.85. The highest BCUT2D eigenvalue weighted by molar-refractivity contribution is 5.95. The van der Waals surface area contributed by atoms with Crippen LogP contribution in [0.2, 0.25) is 0 Å². The number of aryl methyl sites for hydroxylation is 1. The average molecular weight is 380 g/mol. The van der Waals surface area contributed by atoms with Crippen LogP contribution >= 0.6 is 0 Å². The lowest BCUT2D eigenvalue weighted by Gasteiger charge is -2.25. The zero-order valence-electron chi connectivity index (χ0n) is 16.8. The van der Waals surface area contributed by atoms with Crippen molar-refractivity contribution in [2.75, 3.05) is 13.2 Å². The van der Waals surface area contributed by atoms with Crippen molar-refractivity contribution in [2.45, 2.75) is 45.7 Å². The fraction of sp³-hybridized carbons (Fsp3) is 0.391. The lowest BCUT2D eigenvalue weighted by molar-refractivity contribution is 0.0691. The Bertz CT molecular complexity index is 830. The second kappa shape index (κ2) is 8.91. The first-order valence-corrected chi connectivity index (χ1v) is 9.85. The molecule has 0 bridgehead atoms. The molecule has 28 heavy (non-hydrogen) atoms. The van der Waals surface area contributed by atoms with Crippen LogP contribution in [0.15, 0.2) is 48.5 Å². The van der Waals surface area contributed by atoms with Crippen molar-refractivity contribution < 1.29 is 14.3 Å². The van der Waals surface area contributed by atoms with E-state index in [4.69, 9.17) is 4.74 Å². The lowest BCUT2D eigenvalue weighted by Crippen LogP contribution is -2.39. The van der Waals surface area contributed by atoms with Crippen molar-refractivity contribution in [3.8, 4) is 5.75 Å². The molecule has 1 saturated heterocycles. The number of ether oxygens (including phenoxy) is 1. The molecule has 3 rings (SSSR count). The van der Waals surface area contributed by atoms with Crippen LogP contribution < -0.4 is 10.1 Å². The average Bonchev–Trinajstić information content (AvgIpc) is 3.14. The Kier molecular flexibility index (Phi) is 6.34. The third kappa shape index (κ3) is 4.91. The van der Waals surface area contributed by atoms with Crippen LogP contribution in [0.5, 0.6) is 5.75 Å². The molecule has 0 saturated carbocycles. The van der Waals surface area contributed by atoms with E-state index in [1.165, 1.54) is 0 Å². The number of hydrogen-bond donors (Lipinski definition) is 1. The first-order chi connectivity index (χ1) is 13.4. The SMILES string of the molecule is Cc1cccc(C(=O)N2CCC[C@H]2COc2ccc(C(=O)NC(C)C)cc2)c1. The van der Waals surface area contributed by atoms with E-state index < -0.39 is 0 Å². The monoisotopic (exact) mass is 380 g/mol. The topological polar surface area (TPSA) is 58.6 Å². The van der Waals surface area contributed by atoms with E-state index in [2.05, 4.69) is 5.32 Å². The molecule has 5 heteroatoms. The van der Waals surface area contributed by atoms with Gasteiger partial charge in [-0.05, 0) is 70.0 Å². The Morgan fingerprint density at radius 3 is 2.57 bits per heavy atom. The van der Waals surface area contributed by atoms with Gasteiger partial charge in [0.2, 0.25) is 0 Å². The van der Waals surface area contributed by atoms with Crippen LogP contribution in [0, 0.1) is 6.92 Å². The second-order valence-electron chi connectivity index (χ2n) is 7.63. The quantitative estimate of drug-likeness (QED) is 0.829. The third-order valence-electron chi connectivity index (χ3n) is 4.88. The van der Waals surface area contributed by atoms with Crippen molar-refractivity contribution in [3.63, 3.8) is 0 Å². The van der Waals surface area contributed by atoms with Crippen LogP contribution in [-0.4, -0.2) is 41.9 Å². The lowest BCUT2D eigenvalue weighted by atomic mass is 10.1. The van der Waals surface area contributed by atoms with Crippen molar-refractivity contribution >= 4 is 11.8 Å². The van der Waals surface area contributed by atoms with Crippen molar-refractivity contribution in [1.82, 2.24) is 10.2 Å². The van der Waals surface area contributed by atoms with Gasteiger partial charge < -0.3 is 15.0 Å². The molecule has 0 radical (unpaired) electrons. The molecule has 1 N–H and O–H groups in total. The largest absolute Gasteiger partial charge is 0.491 e. The molecule has 2 aromatic rings. The van der Waals surface area contributed by atoms with Gasteiger partial charge in [-0.3, -0.25) is 9.59 Å². The zero-order chi connectivity index (χ0) is 20.1. The summed E-state index contributed by atoms with van der Waals surface area (Å²) in [6.45, 7) is 7.07. The summed E-state index contributed by atoms with van der Waals surface area (Å²) in [5, 5.41) is 2.87. The number of benzene rings is 2. The van der Waals surface area contributed by atoms with Crippen molar-refractivity contribution in [2.24, 2.45) is 0 Å². The standard InChI is InChI=1S/C23H28N2O3/c1-16(2)24-22(26)18-9-11-21(12-10-18)28-15-20-8-5-13-25(20)23(27)19-7-4-6-17(3)14-19/h4,6-7,9-12,14,16,20H,5,8,13,15H2,1-3H3,(H,24,26)/t20-/m0/s1. The molecule has 0 aromatic heterocycles. The van der Waals surface area contributed by atoms with Gasteiger partial charge in [0.25, 0.3) is 11.8 Å². The number of rotatable bonds is 6. The summed E-state index contributed by atoms with van der Waals surface area (Å²) in [7, 11) is 0. The Labute approximate surface area is 166 Å². The van der Waals surface area contributed by atoms with Gasteiger partial charge in [0.05, 0.1) is 6.04 Å². The molecule has 5 nitrogen and oxygen atoms in total. The highest BCUT2D eigenvalue weighted by atomic mass is 16.5. The van der Waals surface area contributed by atoms with E-state index >= 15 is 0 Å². The number of hydrogen-bond acceptors (Lipinski definition) is 3. The maximum absolute atomic E-state index is 12.9. The highest BCUT2D eigenvalue weighted by Gasteiger charge is 2.30. The van der Waals surface area contributed by atoms with Gasteiger partial charge in [0.15, 0.2) is 0 Å². The molecule has 2 amide bonds. The Hall–Kier alpha value is -2.82. The van der Waals surface area contributed by atoms with Gasteiger partial charge in [-0.2, -0.15) is 0 Å². The number of nitrogens with zero attached hydrogens (tertiary/aromatic N) is 1. The summed E-state index contributed by atoms with van der Waals surface area (Å²) in [6.07, 6.45) is 1.92. The predicted octanol–water partition coefficient (Wildman–Crippen LogP) is 3.82. The van der Waals surface area contributed by atoms with E-state index in [-0.39, 0.29) is 23.9 Å². The normalized spacial score (nSPS) is 16.3. The van der Waals surface area contributed by atoms with Crippen molar-refractivity contribution in [1.29, 1.82) is 0 Å². The van der Waals surface area contributed by atoms with E-state index in [1.54, 1.807) is 24.3 Å². The molecular weight excluding hydrogens is 352 g/mol. The molecule has 2 aromatic carbocycles. The third-order valence-corrected chi connectivity index (χ3v) is 4.88. The minimum Gasteiger partial charge on any atom is -0.491 e. The van der Waals surface area contributed by atoms with Crippen LogP contribution in [0.3, 0.4) is 0 Å². The Morgan fingerprint density at radius 1 is 1.14 bits per heavy atom. The number of carbonyl (C=O) groups is 2. The van der Waals surface area contributed by atoms with Gasteiger partial charge in [-0.15, -0.1) is 0 Å². The maximum Gasteiger partial charge on any atom is 0.254 e. The van der Waals surface area contributed by atoms with E-state index in [0.717, 1.165) is 30.5 Å². The van der Waals surface area contributed by atoms with Crippen molar-refractivity contribution in [3.05, 3.63) is 65.2 Å². The number of nitrogens with one attached hydrogen (secondary N) is 1. The summed E-state index contributed by atoms with van der Waals surface area (Å²) < 4.78 is 5.92. The first kappa shape index (κ1) is 19.9. The second-order valence-corrected chi connectivity index (χ2v) is 7.63. The molecule has 1 aliphatic rings. The molecule has 1 atom stereocenters. The van der Waals surface area contributed by atoms with Gasteiger partial charge in [0.1, 0.15) is 12.4 Å². The molecule has 1 aliphatic heterocycles. The fourth-order valence-corrected chi connectivity index (χ4v) is 3.46. The summed E-state index contributed by atoms with van der Waals surface area (Å²) in [6, 6.07) is 15.0. The molecule has 1 fully saturated rings. The van der Waals surface area contributed by atoms with Gasteiger partial charge in [-0.1, -0.05) is 17.7 Å². The van der Waals surface area contributed by atoms with Crippen LogP contribution in [0.4, 0.5) is 0 Å². The summed E-state index contributed by atoms with van der Waals surface area (Å²) in [5.41, 5.74) is 2.42. The van der Waals surface area contributed by atoms with Gasteiger partial charge in [-0.25, -0.2) is 0 Å². The number of carbonyl (C=O) groups excluding carboxylic acids is 2. The maximum atomic E-state index is 12.9. The molecule has 0 unspecified atom stereocenters. The summed E-state index contributed by atoms with van der Waals surface area (Å²) in [4.78, 5) is 26.8. The highest BCUT2D eigenvalue weighted by Crippen LogP contribution is 2.22. The minimum absolute atomic E-state index is 0.0653. The summed E-state index contributed by atoms with van der Waals surface area (Å²) >= 11 is 0. The molecule has 0 spiro atoms. The molecular formula is C23H28N2O3. The number of amides is 2. The molecule has 148 valence electrons. The minimum atomic E-state index is -0.0905. The Morgan fingerprint density at radius 2 is 1.89 bits per heavy atom. The predicted molar refractivity (Wildman–Crippen MR) is 110 cm³/mol. The number of likely N-dealkylation sites (tertiary alicyclic amines) is 1.